The van der Waals surface area contributed by atoms with Crippen LogP contribution >= 0.6 is 7.82 Å². The highest BCUT2D eigenvalue weighted by atomic mass is 31.2. The Morgan fingerprint density at radius 2 is 1.04 bits per heavy atom. The molecule has 0 rings (SSSR count). The number of esters is 2. The Morgan fingerprint density at radius 3 is 1.66 bits per heavy atom. The Hall–Kier alpha value is -2.84. The number of phosphoric ester groups is 1. The summed E-state index contributed by atoms with van der Waals surface area (Å²) >= 11 is 0. The van der Waals surface area contributed by atoms with Crippen molar-refractivity contribution in [2.75, 3.05) is 13.2 Å². The normalized spacial score (nSPS) is 13.1. The lowest BCUT2D eigenvalue weighted by atomic mass is 10.1. The van der Waals surface area contributed by atoms with Crippen molar-refractivity contribution in [1.29, 1.82) is 0 Å². The van der Waals surface area contributed by atoms with E-state index >= 15 is 0 Å². The van der Waals surface area contributed by atoms with Crippen molar-refractivity contribution in [3.8, 4) is 0 Å². The van der Waals surface area contributed by atoms with Crippen LogP contribution in [0.1, 0.15) is 162 Å². The number of unbranched alkanes of at least 4 members (excludes halogenated alkanes) is 13. The Kier molecular flexibility index (Phi) is 35.5. The summed E-state index contributed by atoms with van der Waals surface area (Å²) in [4.78, 5) is 54.5. The van der Waals surface area contributed by atoms with Gasteiger partial charge in [0.05, 0.1) is 6.61 Å². The third kappa shape index (κ3) is 40.2. The van der Waals surface area contributed by atoms with Gasteiger partial charge < -0.3 is 19.3 Å². The fraction of sp³-hybridized carbons (Fsp3) is 0.651. The number of allylic oxidation sites excluding steroid dienone is 12. The molecule has 0 amide bonds. The first-order valence-corrected chi connectivity index (χ1v) is 21.7. The van der Waals surface area contributed by atoms with Gasteiger partial charge in [-0.2, -0.15) is 0 Å². The van der Waals surface area contributed by atoms with Gasteiger partial charge in [-0.1, -0.05) is 138 Å². The molecule has 0 heterocycles. The van der Waals surface area contributed by atoms with Gasteiger partial charge >= 0.3 is 19.8 Å². The highest BCUT2D eigenvalue weighted by molar-refractivity contribution is 7.46. The molecule has 2 N–H and O–H groups in total. The highest BCUT2D eigenvalue weighted by Crippen LogP contribution is 2.36. The van der Waals surface area contributed by atoms with Crippen molar-refractivity contribution in [1.82, 2.24) is 0 Å². The molecule has 9 nitrogen and oxygen atoms in total. The Bertz CT molecular complexity index is 1150. The van der Waals surface area contributed by atoms with Gasteiger partial charge in [0.1, 0.15) is 6.61 Å². The van der Waals surface area contributed by atoms with Crippen LogP contribution < -0.4 is 0 Å². The van der Waals surface area contributed by atoms with Crippen molar-refractivity contribution in [2.24, 2.45) is 0 Å². The van der Waals surface area contributed by atoms with E-state index in [1.54, 1.807) is 12.2 Å². The van der Waals surface area contributed by atoms with Gasteiger partial charge in [-0.3, -0.25) is 18.9 Å². The summed E-state index contributed by atoms with van der Waals surface area (Å²) in [6.07, 6.45) is 44.6. The molecule has 0 bridgehead atoms. The zero-order chi connectivity index (χ0) is 39.1. The lowest BCUT2D eigenvalue weighted by Crippen LogP contribution is -2.29. The molecule has 53 heavy (non-hydrogen) atoms. The second-order valence-corrected chi connectivity index (χ2v) is 14.5. The van der Waals surface area contributed by atoms with Crippen LogP contribution in [0.4, 0.5) is 0 Å². The maximum atomic E-state index is 12.4. The first kappa shape index (κ1) is 50.2. The summed E-state index contributed by atoms with van der Waals surface area (Å²) in [7, 11) is -4.79. The topological polar surface area (TPSA) is 136 Å². The molecular weight excluding hydrogens is 691 g/mol. The molecule has 0 radical (unpaired) electrons. The van der Waals surface area contributed by atoms with E-state index < -0.39 is 32.5 Å². The molecule has 0 aromatic heterocycles. The molecule has 1 atom stereocenters. The third-order valence-electron chi connectivity index (χ3n) is 8.17. The van der Waals surface area contributed by atoms with Crippen LogP contribution in [0.3, 0.4) is 0 Å². The summed E-state index contributed by atoms with van der Waals surface area (Å²) < 4.78 is 26.3. The lowest BCUT2D eigenvalue weighted by Gasteiger charge is -2.18. The van der Waals surface area contributed by atoms with Crippen LogP contribution in [0.2, 0.25) is 0 Å². The molecule has 0 unspecified atom stereocenters. The molecule has 0 aliphatic rings. The molecule has 0 aliphatic heterocycles. The minimum Gasteiger partial charge on any atom is -0.462 e. The number of hydrogen-bond acceptors (Lipinski definition) is 7. The summed E-state index contributed by atoms with van der Waals surface area (Å²) in [5.74, 6) is -0.838. The van der Waals surface area contributed by atoms with Crippen LogP contribution in [0.25, 0.3) is 0 Å². The second kappa shape index (κ2) is 37.5. The minimum absolute atomic E-state index is 0.105. The van der Waals surface area contributed by atoms with Crippen LogP contribution in [-0.2, 0) is 32.9 Å². The largest absolute Gasteiger partial charge is 0.469 e. The fourth-order valence-corrected chi connectivity index (χ4v) is 5.47. The number of rotatable bonds is 36. The van der Waals surface area contributed by atoms with Gasteiger partial charge in [0.25, 0.3) is 0 Å². The molecule has 0 aromatic carbocycles. The van der Waals surface area contributed by atoms with E-state index in [0.717, 1.165) is 64.2 Å². The van der Waals surface area contributed by atoms with Gasteiger partial charge in [-0.25, -0.2) is 4.57 Å². The average Bonchev–Trinajstić information content (AvgIpc) is 3.12. The van der Waals surface area contributed by atoms with E-state index in [-0.39, 0.29) is 25.2 Å². The van der Waals surface area contributed by atoms with Crippen LogP contribution in [0.15, 0.2) is 72.9 Å². The Labute approximate surface area is 321 Å². The van der Waals surface area contributed by atoms with E-state index in [0.29, 0.717) is 25.7 Å². The molecular formula is C43H71O9P. The molecule has 0 spiro atoms. The van der Waals surface area contributed by atoms with Gasteiger partial charge in [-0.15, -0.1) is 0 Å². The van der Waals surface area contributed by atoms with E-state index in [1.165, 1.54) is 44.9 Å². The van der Waals surface area contributed by atoms with Crippen LogP contribution in [0.5, 0.6) is 0 Å². The first-order chi connectivity index (χ1) is 25.7. The smallest absolute Gasteiger partial charge is 0.462 e. The summed E-state index contributed by atoms with van der Waals surface area (Å²) in [6, 6.07) is 0. The second-order valence-electron chi connectivity index (χ2n) is 13.3. The third-order valence-corrected chi connectivity index (χ3v) is 8.66. The quantitative estimate of drug-likeness (QED) is 0.0160. The molecule has 0 aliphatic carbocycles. The molecule has 0 aromatic rings. The van der Waals surface area contributed by atoms with E-state index in [1.807, 2.05) is 36.5 Å². The number of ether oxygens (including phenoxy) is 2. The first-order valence-electron chi connectivity index (χ1n) is 20.2. The standard InChI is InChI=1S/C43H71O9P/c1-3-5-7-8-9-10-11-12-13-14-15-16-19-22-25-28-32-36-42(45)50-38-41(39-51-53(47,48)49)52-43(46)37-33-29-26-23-20-17-18-21-24-27-31-35-40(44)34-30-6-4-2/h9-10,12-13,17-18,23-24,26-27,31,35,41H,3-8,11,14-16,19-22,25,28-30,32-34,36-39H2,1-2H3,(H2,47,48,49)/b10-9-,13-12-,18-17-,26-23-,27-24-,35-31+/t41-/m1/s1. The van der Waals surface area contributed by atoms with E-state index in [2.05, 4.69) is 42.7 Å². The predicted molar refractivity (Wildman–Crippen MR) is 216 cm³/mol. The SMILES string of the molecule is CCCCC/C=C\C/C=C\CCCCCCCCCC(=O)OC[C@H](COP(=O)(O)O)OC(=O)CCC/C=C\C/C=C\C/C=C\C=C\C(=O)CCCCC. The molecule has 0 saturated heterocycles. The van der Waals surface area contributed by atoms with Crippen LogP contribution in [0, 0.1) is 0 Å². The summed E-state index contributed by atoms with van der Waals surface area (Å²) in [5, 5.41) is 0. The minimum atomic E-state index is -4.79. The summed E-state index contributed by atoms with van der Waals surface area (Å²) in [5.41, 5.74) is 0. The van der Waals surface area contributed by atoms with Gasteiger partial charge in [-0.05, 0) is 76.7 Å². The molecule has 0 fully saturated rings. The van der Waals surface area contributed by atoms with Gasteiger partial charge in [0.2, 0.25) is 0 Å². The van der Waals surface area contributed by atoms with Crippen LogP contribution in [-0.4, -0.2) is 46.8 Å². The maximum absolute atomic E-state index is 12.4. The van der Waals surface area contributed by atoms with Gasteiger partial charge in [0, 0.05) is 19.3 Å². The molecule has 10 heteroatoms. The highest BCUT2D eigenvalue weighted by Gasteiger charge is 2.22. The van der Waals surface area contributed by atoms with Gasteiger partial charge in [0.15, 0.2) is 11.9 Å². The summed E-state index contributed by atoms with van der Waals surface area (Å²) in [6.45, 7) is 3.43. The zero-order valence-electron chi connectivity index (χ0n) is 32.9. The zero-order valence-corrected chi connectivity index (χ0v) is 33.8. The predicted octanol–water partition coefficient (Wildman–Crippen LogP) is 11.5. The Balaban J connectivity index is 4.11. The van der Waals surface area contributed by atoms with E-state index in [9.17, 15) is 18.9 Å². The molecule has 302 valence electrons. The van der Waals surface area contributed by atoms with Crippen molar-refractivity contribution in [3.63, 3.8) is 0 Å². The number of phosphoric acid groups is 1. The molecule has 0 saturated carbocycles. The monoisotopic (exact) mass is 762 g/mol. The fourth-order valence-electron chi connectivity index (χ4n) is 5.11. The number of carbonyl (C=O) groups is 3. The lowest BCUT2D eigenvalue weighted by molar-refractivity contribution is -0.161. The number of hydrogen-bond donors (Lipinski definition) is 2. The van der Waals surface area contributed by atoms with Crippen molar-refractivity contribution in [3.05, 3.63) is 72.9 Å². The van der Waals surface area contributed by atoms with Crippen molar-refractivity contribution < 1.29 is 42.7 Å². The Morgan fingerprint density at radius 1 is 0.547 bits per heavy atom. The average molecular weight is 763 g/mol. The van der Waals surface area contributed by atoms with Crippen molar-refractivity contribution in [2.45, 2.75) is 168 Å². The van der Waals surface area contributed by atoms with Crippen molar-refractivity contribution >= 4 is 25.5 Å². The van der Waals surface area contributed by atoms with E-state index in [4.69, 9.17) is 19.3 Å². The number of carbonyl (C=O) groups excluding carboxylic acids is 3. The number of ketones is 1. The maximum Gasteiger partial charge on any atom is 0.469 e.